The van der Waals surface area contributed by atoms with Crippen molar-refractivity contribution in [1.82, 2.24) is 0 Å². The van der Waals surface area contributed by atoms with Crippen molar-refractivity contribution in [1.29, 1.82) is 0 Å². The van der Waals surface area contributed by atoms with E-state index in [1.165, 1.54) is 22.5 Å². The summed E-state index contributed by atoms with van der Waals surface area (Å²) in [5.41, 5.74) is 4.72. The summed E-state index contributed by atoms with van der Waals surface area (Å²) in [4.78, 5) is 4.58. The average Bonchev–Trinajstić information content (AvgIpc) is 2.81. The fraction of sp³-hybridized carbons (Fsp3) is 0.308. The molecule has 3 aromatic rings. The van der Waals surface area contributed by atoms with E-state index in [0.29, 0.717) is 17.3 Å². The summed E-state index contributed by atoms with van der Waals surface area (Å²) in [6, 6.07) is 23.5. The average molecular weight is 471 g/mol. The molecule has 0 aliphatic heterocycles. The van der Waals surface area contributed by atoms with Gasteiger partial charge >= 0.3 is 0 Å². The van der Waals surface area contributed by atoms with Crippen LogP contribution in [0.15, 0.2) is 77.7 Å². The Morgan fingerprint density at radius 1 is 0.788 bits per heavy atom. The van der Waals surface area contributed by atoms with Gasteiger partial charge in [0.05, 0.1) is 11.5 Å². The first-order valence-electron chi connectivity index (χ1n) is 10.7. The minimum Gasteiger partial charge on any atom is -0.494 e. The Morgan fingerprint density at radius 3 is 1.52 bits per heavy atom. The van der Waals surface area contributed by atoms with Crippen LogP contribution in [0.2, 0.25) is 0 Å². The Bertz CT molecular complexity index is 937. The number of benzene rings is 3. The lowest BCUT2D eigenvalue weighted by Crippen LogP contribution is -2.10. The predicted octanol–water partition coefficient (Wildman–Crippen LogP) is 5.22. The molecule has 1 atom stereocenters. The topological polar surface area (TPSA) is 62.2 Å². The summed E-state index contributed by atoms with van der Waals surface area (Å²) in [5, 5.41) is 0. The molecule has 0 radical (unpaired) electrons. The molecule has 33 heavy (non-hydrogen) atoms. The highest BCUT2D eigenvalue weighted by Crippen LogP contribution is 2.28. The summed E-state index contributed by atoms with van der Waals surface area (Å²) >= 11 is -1.90. The van der Waals surface area contributed by atoms with E-state index in [9.17, 15) is 4.21 Å². The molecule has 7 heteroatoms. The fourth-order valence-electron chi connectivity index (χ4n) is 3.18. The largest absolute Gasteiger partial charge is 0.494 e. The van der Waals surface area contributed by atoms with E-state index in [0.717, 1.165) is 0 Å². The van der Waals surface area contributed by atoms with Crippen LogP contribution in [0.3, 0.4) is 0 Å². The Kier molecular flexibility index (Phi) is 10.4. The van der Waals surface area contributed by atoms with Gasteiger partial charge in [0.2, 0.25) is 0 Å². The zero-order valence-electron chi connectivity index (χ0n) is 20.2. The van der Waals surface area contributed by atoms with Crippen LogP contribution in [-0.4, -0.2) is 50.7 Å². The van der Waals surface area contributed by atoms with Gasteiger partial charge in [-0.15, -0.1) is 0 Å². The molecule has 0 saturated carbocycles. The SMILES string of the molecule is CCOc1ccc(S(=O)O)cc1.COC(c1ccc(N(C)C)cc1)c1ccc(N(C)C)cc1. The Labute approximate surface area is 200 Å². The van der Waals surface area contributed by atoms with Crippen molar-refractivity contribution in [2.75, 3.05) is 51.7 Å². The third kappa shape index (κ3) is 7.89. The molecular weight excluding hydrogens is 436 g/mol. The fourth-order valence-corrected chi connectivity index (χ4v) is 3.55. The van der Waals surface area contributed by atoms with Crippen LogP contribution >= 0.6 is 0 Å². The van der Waals surface area contributed by atoms with Crippen molar-refractivity contribution in [3.63, 3.8) is 0 Å². The first-order valence-corrected chi connectivity index (χ1v) is 11.8. The summed E-state index contributed by atoms with van der Waals surface area (Å²) in [7, 11) is 9.93. The molecule has 6 nitrogen and oxygen atoms in total. The van der Waals surface area contributed by atoms with Crippen molar-refractivity contribution in [2.45, 2.75) is 17.9 Å². The zero-order valence-corrected chi connectivity index (χ0v) is 21.0. The summed E-state index contributed by atoms with van der Waals surface area (Å²) in [6.07, 6.45) is -0.0302. The van der Waals surface area contributed by atoms with E-state index in [1.54, 1.807) is 31.4 Å². The van der Waals surface area contributed by atoms with Gasteiger partial charge in [-0.05, 0) is 66.6 Å². The number of rotatable bonds is 8. The quantitative estimate of drug-likeness (QED) is 0.456. The van der Waals surface area contributed by atoms with Crippen LogP contribution < -0.4 is 14.5 Å². The van der Waals surface area contributed by atoms with Crippen LogP contribution in [0.25, 0.3) is 0 Å². The molecule has 1 N–H and O–H groups in total. The Morgan fingerprint density at radius 2 is 1.21 bits per heavy atom. The van der Waals surface area contributed by atoms with Crippen LogP contribution in [0, 0.1) is 0 Å². The highest BCUT2D eigenvalue weighted by Gasteiger charge is 2.13. The molecule has 0 aliphatic rings. The summed E-state index contributed by atoms with van der Waals surface area (Å²) in [6.45, 7) is 2.49. The van der Waals surface area contributed by atoms with Gasteiger partial charge in [-0.1, -0.05) is 24.3 Å². The van der Waals surface area contributed by atoms with E-state index < -0.39 is 11.1 Å². The van der Waals surface area contributed by atoms with Crippen LogP contribution in [0.5, 0.6) is 5.75 Å². The van der Waals surface area contributed by atoms with Gasteiger partial charge in [-0.3, -0.25) is 0 Å². The zero-order chi connectivity index (χ0) is 24.4. The van der Waals surface area contributed by atoms with E-state index in [1.807, 2.05) is 35.1 Å². The lowest BCUT2D eigenvalue weighted by molar-refractivity contribution is 0.136. The van der Waals surface area contributed by atoms with E-state index in [-0.39, 0.29) is 6.10 Å². The monoisotopic (exact) mass is 470 g/mol. The molecule has 0 fully saturated rings. The van der Waals surface area contributed by atoms with Gasteiger partial charge in [0.1, 0.15) is 11.9 Å². The third-order valence-electron chi connectivity index (χ3n) is 5.00. The van der Waals surface area contributed by atoms with Crippen LogP contribution in [0.4, 0.5) is 11.4 Å². The maximum absolute atomic E-state index is 10.5. The minimum absolute atomic E-state index is 0.0302. The molecule has 0 aromatic heterocycles. The second-order valence-electron chi connectivity index (χ2n) is 7.74. The van der Waals surface area contributed by atoms with Gasteiger partial charge in [-0.25, -0.2) is 4.21 Å². The van der Waals surface area contributed by atoms with Crippen molar-refractivity contribution < 1.29 is 18.2 Å². The predicted molar refractivity (Wildman–Crippen MR) is 137 cm³/mol. The molecule has 0 saturated heterocycles. The number of ether oxygens (including phenoxy) is 2. The van der Waals surface area contributed by atoms with Crippen molar-refractivity contribution in [2.24, 2.45) is 0 Å². The number of nitrogens with zero attached hydrogens (tertiary/aromatic N) is 2. The van der Waals surface area contributed by atoms with E-state index in [4.69, 9.17) is 14.0 Å². The molecule has 178 valence electrons. The molecule has 0 spiro atoms. The van der Waals surface area contributed by atoms with Gasteiger partial charge in [0, 0.05) is 46.7 Å². The molecule has 0 heterocycles. The normalized spacial score (nSPS) is 11.4. The number of hydrogen-bond donors (Lipinski definition) is 1. The molecule has 3 aromatic carbocycles. The second kappa shape index (κ2) is 13.0. The molecule has 0 bridgehead atoms. The molecule has 1 unspecified atom stereocenters. The lowest BCUT2D eigenvalue weighted by atomic mass is 10.0. The third-order valence-corrected chi connectivity index (χ3v) is 5.67. The standard InChI is InChI=1S/C18H24N2O.C8H10O3S/c1-19(2)16-10-6-14(7-11-16)18(21-5)15-8-12-17(13-9-15)20(3)4;1-2-11-7-3-5-8(6-4-7)12(9)10/h6-13,18H,1-5H3;3-6H,2H2,1H3,(H,9,10). The van der Waals surface area contributed by atoms with Crippen molar-refractivity contribution in [3.8, 4) is 5.75 Å². The van der Waals surface area contributed by atoms with Crippen LogP contribution in [0.1, 0.15) is 24.2 Å². The molecule has 0 amide bonds. The van der Waals surface area contributed by atoms with Crippen molar-refractivity contribution in [3.05, 3.63) is 83.9 Å². The van der Waals surface area contributed by atoms with Crippen molar-refractivity contribution >= 4 is 22.5 Å². The molecule has 0 aliphatic carbocycles. The highest BCUT2D eigenvalue weighted by molar-refractivity contribution is 7.79. The maximum Gasteiger partial charge on any atom is 0.186 e. The summed E-state index contributed by atoms with van der Waals surface area (Å²) < 4.78 is 30.1. The minimum atomic E-state index is -1.90. The Hall–Kier alpha value is -2.87. The Balaban J connectivity index is 0.000000273. The second-order valence-corrected chi connectivity index (χ2v) is 8.71. The van der Waals surface area contributed by atoms with E-state index in [2.05, 4.69) is 58.3 Å². The lowest BCUT2D eigenvalue weighted by Gasteiger charge is -2.19. The maximum atomic E-state index is 10.5. The molecular formula is C26H34N2O4S. The van der Waals surface area contributed by atoms with Gasteiger partial charge in [0.25, 0.3) is 0 Å². The number of hydrogen-bond acceptors (Lipinski definition) is 5. The molecule has 3 rings (SSSR count). The highest BCUT2D eigenvalue weighted by atomic mass is 32.2. The number of anilines is 2. The van der Waals surface area contributed by atoms with Gasteiger partial charge in [-0.2, -0.15) is 0 Å². The van der Waals surface area contributed by atoms with Gasteiger partial charge in [0.15, 0.2) is 11.1 Å². The van der Waals surface area contributed by atoms with Crippen LogP contribution in [-0.2, 0) is 15.8 Å². The van der Waals surface area contributed by atoms with E-state index >= 15 is 0 Å². The van der Waals surface area contributed by atoms with Gasteiger partial charge < -0.3 is 23.8 Å². The first kappa shape index (κ1) is 26.4. The summed E-state index contributed by atoms with van der Waals surface area (Å²) in [5.74, 6) is 0.715. The number of methoxy groups -OCH3 is 1. The smallest absolute Gasteiger partial charge is 0.186 e. The first-order chi connectivity index (χ1) is 15.8.